The number of benzene rings is 1. The van der Waals surface area contributed by atoms with Crippen LogP contribution in [0.5, 0.6) is 0 Å². The molecule has 0 saturated carbocycles. The van der Waals surface area contributed by atoms with Crippen molar-refractivity contribution in [2.45, 2.75) is 13.2 Å². The first-order chi connectivity index (χ1) is 9.68. The molecule has 0 fully saturated rings. The van der Waals surface area contributed by atoms with Crippen LogP contribution in [0.25, 0.3) is 0 Å². The summed E-state index contributed by atoms with van der Waals surface area (Å²) < 4.78 is 5.40. The summed E-state index contributed by atoms with van der Waals surface area (Å²) >= 11 is 0. The first kappa shape index (κ1) is 12.3. The number of esters is 1. The number of ether oxygens (including phenoxy) is 1. The van der Waals surface area contributed by atoms with E-state index in [2.05, 4.69) is 4.98 Å². The van der Waals surface area contributed by atoms with Crippen LogP contribution in [0.1, 0.15) is 29.1 Å². The zero-order valence-corrected chi connectivity index (χ0v) is 10.8. The SMILES string of the molecule is CC(=O)N1c2ccccc2C(=O)O[C@H]1c1cccnc1. The lowest BCUT2D eigenvalue weighted by atomic mass is 10.1. The molecule has 1 aromatic carbocycles. The van der Waals surface area contributed by atoms with Gasteiger partial charge >= 0.3 is 5.97 Å². The minimum absolute atomic E-state index is 0.196. The second-order valence-corrected chi connectivity index (χ2v) is 4.45. The number of hydrogen-bond donors (Lipinski definition) is 0. The highest BCUT2D eigenvalue weighted by Crippen LogP contribution is 2.36. The van der Waals surface area contributed by atoms with E-state index in [1.54, 1.807) is 48.8 Å². The van der Waals surface area contributed by atoms with Crippen LogP contribution in [0.2, 0.25) is 0 Å². The predicted octanol–water partition coefficient (Wildman–Crippen LogP) is 2.30. The van der Waals surface area contributed by atoms with Crippen molar-refractivity contribution in [3.05, 3.63) is 59.9 Å². The molecule has 1 amide bonds. The van der Waals surface area contributed by atoms with Gasteiger partial charge in [0.15, 0.2) is 0 Å². The van der Waals surface area contributed by atoms with Gasteiger partial charge in [0.25, 0.3) is 0 Å². The molecule has 0 spiro atoms. The summed E-state index contributed by atoms with van der Waals surface area (Å²) in [6.07, 6.45) is 2.44. The Morgan fingerprint density at radius 3 is 2.75 bits per heavy atom. The fourth-order valence-corrected chi connectivity index (χ4v) is 2.27. The Labute approximate surface area is 115 Å². The topological polar surface area (TPSA) is 59.5 Å². The normalized spacial score (nSPS) is 17.4. The summed E-state index contributed by atoms with van der Waals surface area (Å²) in [6.45, 7) is 1.44. The van der Waals surface area contributed by atoms with E-state index in [1.807, 2.05) is 0 Å². The maximum absolute atomic E-state index is 12.1. The van der Waals surface area contributed by atoms with Crippen molar-refractivity contribution in [3.63, 3.8) is 0 Å². The van der Waals surface area contributed by atoms with E-state index in [0.717, 1.165) is 0 Å². The first-order valence-electron chi connectivity index (χ1n) is 6.18. The van der Waals surface area contributed by atoms with Crippen LogP contribution in [0.4, 0.5) is 5.69 Å². The lowest BCUT2D eigenvalue weighted by Gasteiger charge is -2.35. The van der Waals surface area contributed by atoms with E-state index in [-0.39, 0.29) is 5.91 Å². The van der Waals surface area contributed by atoms with Crippen molar-refractivity contribution >= 4 is 17.6 Å². The lowest BCUT2D eigenvalue weighted by molar-refractivity contribution is -0.118. The first-order valence-corrected chi connectivity index (χ1v) is 6.18. The standard InChI is InChI=1S/C15H12N2O3/c1-10(18)17-13-7-3-2-6-12(13)15(19)20-14(17)11-5-4-8-16-9-11/h2-9,14H,1H3/t14-/m0/s1. The van der Waals surface area contributed by atoms with Gasteiger partial charge in [-0.25, -0.2) is 4.79 Å². The van der Waals surface area contributed by atoms with Crippen molar-refractivity contribution in [2.24, 2.45) is 0 Å². The van der Waals surface area contributed by atoms with Gasteiger partial charge in [-0.2, -0.15) is 0 Å². The van der Waals surface area contributed by atoms with Crippen molar-refractivity contribution in [2.75, 3.05) is 4.90 Å². The lowest BCUT2D eigenvalue weighted by Crippen LogP contribution is -2.40. The van der Waals surface area contributed by atoms with Gasteiger partial charge < -0.3 is 4.74 Å². The number of aromatic nitrogens is 1. The maximum Gasteiger partial charge on any atom is 0.342 e. The van der Waals surface area contributed by atoms with Crippen LogP contribution in [-0.4, -0.2) is 16.9 Å². The van der Waals surface area contributed by atoms with E-state index in [0.29, 0.717) is 16.8 Å². The second-order valence-electron chi connectivity index (χ2n) is 4.45. The Balaban J connectivity index is 2.14. The zero-order valence-electron chi connectivity index (χ0n) is 10.8. The Morgan fingerprint density at radius 1 is 1.25 bits per heavy atom. The van der Waals surface area contributed by atoms with E-state index in [4.69, 9.17) is 4.74 Å². The summed E-state index contributed by atoms with van der Waals surface area (Å²) in [5.74, 6) is -0.634. The van der Waals surface area contributed by atoms with Crippen LogP contribution in [0, 0.1) is 0 Å². The summed E-state index contributed by atoms with van der Waals surface area (Å²) in [5.41, 5.74) is 1.61. The molecule has 1 aliphatic rings. The summed E-state index contributed by atoms with van der Waals surface area (Å²) in [7, 11) is 0. The van der Waals surface area contributed by atoms with Gasteiger partial charge in [0, 0.05) is 24.9 Å². The van der Waals surface area contributed by atoms with Crippen molar-refractivity contribution in [1.82, 2.24) is 4.98 Å². The van der Waals surface area contributed by atoms with Gasteiger partial charge in [-0.15, -0.1) is 0 Å². The van der Waals surface area contributed by atoms with Gasteiger partial charge in [0.2, 0.25) is 12.1 Å². The fraction of sp³-hybridized carbons (Fsp3) is 0.133. The second kappa shape index (κ2) is 4.77. The molecule has 1 aromatic heterocycles. The molecule has 0 bridgehead atoms. The molecule has 1 atom stereocenters. The van der Waals surface area contributed by atoms with Crippen molar-refractivity contribution in [1.29, 1.82) is 0 Å². The van der Waals surface area contributed by atoms with E-state index >= 15 is 0 Å². The molecule has 0 radical (unpaired) electrons. The molecule has 1 aliphatic heterocycles. The number of fused-ring (bicyclic) bond motifs is 1. The minimum atomic E-state index is -0.774. The van der Waals surface area contributed by atoms with Gasteiger partial charge in [-0.1, -0.05) is 18.2 Å². The van der Waals surface area contributed by atoms with Gasteiger partial charge in [-0.3, -0.25) is 14.7 Å². The molecule has 20 heavy (non-hydrogen) atoms. The van der Waals surface area contributed by atoms with Crippen molar-refractivity contribution in [3.8, 4) is 0 Å². The number of anilines is 1. The number of cyclic esters (lactones) is 1. The van der Waals surface area contributed by atoms with E-state index in [9.17, 15) is 9.59 Å². The van der Waals surface area contributed by atoms with Crippen LogP contribution < -0.4 is 4.90 Å². The Hall–Kier alpha value is -2.69. The number of carbonyl (C=O) groups excluding carboxylic acids is 2. The minimum Gasteiger partial charge on any atom is -0.433 e. The highest BCUT2D eigenvalue weighted by atomic mass is 16.6. The quantitative estimate of drug-likeness (QED) is 0.745. The largest absolute Gasteiger partial charge is 0.433 e. The average molecular weight is 268 g/mol. The molecule has 0 saturated heterocycles. The maximum atomic E-state index is 12.1. The third-order valence-electron chi connectivity index (χ3n) is 3.15. The molecule has 0 unspecified atom stereocenters. The number of hydrogen-bond acceptors (Lipinski definition) is 4. The number of amides is 1. The van der Waals surface area contributed by atoms with Crippen LogP contribution in [0.15, 0.2) is 48.8 Å². The van der Waals surface area contributed by atoms with Crippen LogP contribution in [0.3, 0.4) is 0 Å². The third-order valence-corrected chi connectivity index (χ3v) is 3.15. The number of pyridine rings is 1. The van der Waals surface area contributed by atoms with E-state index in [1.165, 1.54) is 11.8 Å². The number of carbonyl (C=O) groups is 2. The average Bonchev–Trinajstić information content (AvgIpc) is 2.47. The number of rotatable bonds is 1. The zero-order chi connectivity index (χ0) is 14.1. The smallest absolute Gasteiger partial charge is 0.342 e. The molecule has 5 heteroatoms. The Morgan fingerprint density at radius 2 is 2.05 bits per heavy atom. The van der Waals surface area contributed by atoms with Crippen molar-refractivity contribution < 1.29 is 14.3 Å². The Bertz CT molecular complexity index is 670. The molecule has 3 rings (SSSR count). The van der Waals surface area contributed by atoms with Gasteiger partial charge in [0.1, 0.15) is 0 Å². The molecule has 2 heterocycles. The predicted molar refractivity (Wildman–Crippen MR) is 72.0 cm³/mol. The van der Waals surface area contributed by atoms with Gasteiger partial charge in [-0.05, 0) is 18.2 Å². The molecule has 100 valence electrons. The molecule has 2 aromatic rings. The summed E-state index contributed by atoms with van der Waals surface area (Å²) in [5, 5.41) is 0. The molecule has 5 nitrogen and oxygen atoms in total. The van der Waals surface area contributed by atoms with Crippen LogP contribution in [-0.2, 0) is 9.53 Å². The Kier molecular flexibility index (Phi) is 2.95. The summed E-state index contributed by atoms with van der Waals surface area (Å²) in [4.78, 5) is 29.5. The molecule has 0 N–H and O–H groups in total. The fourth-order valence-electron chi connectivity index (χ4n) is 2.27. The number of nitrogens with zero attached hydrogens (tertiary/aromatic N) is 2. The third kappa shape index (κ3) is 1.93. The molecule has 0 aliphatic carbocycles. The number of para-hydroxylation sites is 1. The molecular formula is C15H12N2O3. The summed E-state index contributed by atoms with van der Waals surface area (Å²) in [6, 6.07) is 10.4. The monoisotopic (exact) mass is 268 g/mol. The van der Waals surface area contributed by atoms with Gasteiger partial charge in [0.05, 0.1) is 11.3 Å². The highest BCUT2D eigenvalue weighted by molar-refractivity contribution is 6.04. The van der Waals surface area contributed by atoms with Crippen LogP contribution >= 0.6 is 0 Å². The highest BCUT2D eigenvalue weighted by Gasteiger charge is 2.36. The van der Waals surface area contributed by atoms with E-state index < -0.39 is 12.2 Å². The molecular weight excluding hydrogens is 256 g/mol.